The minimum atomic E-state index is -0.611. The van der Waals surface area contributed by atoms with Crippen LogP contribution in [-0.2, 0) is 0 Å². The summed E-state index contributed by atoms with van der Waals surface area (Å²) in [7, 11) is 0. The third kappa shape index (κ3) is 2.37. The largest absolute Gasteiger partial charge is 0.324 e. The lowest BCUT2D eigenvalue weighted by molar-refractivity contribution is 0.589. The first kappa shape index (κ1) is 13.0. The zero-order valence-electron chi connectivity index (χ0n) is 9.75. The second kappa shape index (κ2) is 5.04. The zero-order chi connectivity index (χ0) is 13.3. The molecular weight excluding hydrogens is 256 g/mol. The summed E-state index contributed by atoms with van der Waals surface area (Å²) in [4.78, 5) is 0. The van der Waals surface area contributed by atoms with Crippen molar-refractivity contribution in [2.75, 3.05) is 0 Å². The number of hydrogen-bond acceptors (Lipinski definition) is 1. The van der Waals surface area contributed by atoms with Crippen molar-refractivity contribution >= 4 is 11.6 Å². The molecule has 1 nitrogen and oxygen atoms in total. The zero-order valence-corrected chi connectivity index (χ0v) is 10.5. The van der Waals surface area contributed by atoms with Crippen LogP contribution in [0.25, 0.3) is 11.1 Å². The van der Waals surface area contributed by atoms with Crippen molar-refractivity contribution in [3.05, 3.63) is 58.6 Å². The van der Waals surface area contributed by atoms with Crippen molar-refractivity contribution in [2.45, 2.75) is 13.0 Å². The highest BCUT2D eigenvalue weighted by molar-refractivity contribution is 6.31. The maximum absolute atomic E-state index is 13.6. The van der Waals surface area contributed by atoms with Gasteiger partial charge in [0.05, 0.1) is 5.56 Å². The van der Waals surface area contributed by atoms with E-state index in [1.54, 1.807) is 19.1 Å². The van der Waals surface area contributed by atoms with E-state index in [2.05, 4.69) is 0 Å². The fourth-order valence-electron chi connectivity index (χ4n) is 1.83. The van der Waals surface area contributed by atoms with Crippen LogP contribution in [0.3, 0.4) is 0 Å². The van der Waals surface area contributed by atoms with Gasteiger partial charge in [0.1, 0.15) is 11.6 Å². The van der Waals surface area contributed by atoms with Gasteiger partial charge in [0, 0.05) is 11.1 Å². The van der Waals surface area contributed by atoms with Gasteiger partial charge in [-0.2, -0.15) is 0 Å². The molecule has 18 heavy (non-hydrogen) atoms. The lowest BCUT2D eigenvalue weighted by atomic mass is 10.0. The van der Waals surface area contributed by atoms with Crippen LogP contribution in [-0.4, -0.2) is 0 Å². The molecule has 0 saturated carbocycles. The van der Waals surface area contributed by atoms with Crippen molar-refractivity contribution in [3.8, 4) is 11.1 Å². The Labute approximate surface area is 109 Å². The highest BCUT2D eigenvalue weighted by atomic mass is 35.5. The van der Waals surface area contributed by atoms with Crippen molar-refractivity contribution in [1.82, 2.24) is 0 Å². The number of hydrogen-bond donors (Lipinski definition) is 1. The van der Waals surface area contributed by atoms with Crippen LogP contribution in [0.2, 0.25) is 5.02 Å². The number of benzene rings is 2. The van der Waals surface area contributed by atoms with Gasteiger partial charge < -0.3 is 5.73 Å². The molecule has 2 rings (SSSR count). The SMILES string of the molecule is CC(N)c1ccc(-c2c(F)cccc2F)cc1Cl. The molecule has 4 heteroatoms. The first-order chi connectivity index (χ1) is 8.50. The molecule has 0 heterocycles. The van der Waals surface area contributed by atoms with Gasteiger partial charge in [-0.15, -0.1) is 0 Å². The normalized spacial score (nSPS) is 12.5. The van der Waals surface area contributed by atoms with Crippen LogP contribution in [0.1, 0.15) is 18.5 Å². The van der Waals surface area contributed by atoms with E-state index in [4.69, 9.17) is 17.3 Å². The Morgan fingerprint density at radius 3 is 2.22 bits per heavy atom. The van der Waals surface area contributed by atoms with Crippen molar-refractivity contribution in [1.29, 1.82) is 0 Å². The van der Waals surface area contributed by atoms with Gasteiger partial charge >= 0.3 is 0 Å². The van der Waals surface area contributed by atoms with Crippen molar-refractivity contribution in [3.63, 3.8) is 0 Å². The van der Waals surface area contributed by atoms with Gasteiger partial charge in [0.15, 0.2) is 0 Å². The molecule has 94 valence electrons. The average molecular weight is 268 g/mol. The molecule has 0 amide bonds. The fourth-order valence-corrected chi connectivity index (χ4v) is 2.18. The molecular formula is C14H12ClF2N. The number of rotatable bonds is 2. The van der Waals surface area contributed by atoms with E-state index in [1.807, 2.05) is 0 Å². The molecule has 1 unspecified atom stereocenters. The van der Waals surface area contributed by atoms with Crippen LogP contribution < -0.4 is 5.73 Å². The van der Waals surface area contributed by atoms with E-state index in [9.17, 15) is 8.78 Å². The first-order valence-electron chi connectivity index (χ1n) is 5.50. The molecule has 2 aromatic rings. The second-order valence-corrected chi connectivity index (χ2v) is 4.53. The van der Waals surface area contributed by atoms with Gasteiger partial charge in [-0.25, -0.2) is 8.78 Å². The van der Waals surface area contributed by atoms with Crippen LogP contribution >= 0.6 is 11.6 Å². The molecule has 0 bridgehead atoms. The Morgan fingerprint density at radius 1 is 1.11 bits per heavy atom. The van der Waals surface area contributed by atoms with Crippen LogP contribution in [0.5, 0.6) is 0 Å². The Kier molecular flexibility index (Phi) is 3.64. The van der Waals surface area contributed by atoms with E-state index in [0.29, 0.717) is 10.6 Å². The summed E-state index contributed by atoms with van der Waals surface area (Å²) in [5, 5.41) is 0.408. The summed E-state index contributed by atoms with van der Waals surface area (Å²) in [6.07, 6.45) is 0. The Morgan fingerprint density at radius 2 is 1.72 bits per heavy atom. The van der Waals surface area contributed by atoms with E-state index in [1.165, 1.54) is 24.3 Å². The van der Waals surface area contributed by atoms with E-state index < -0.39 is 11.6 Å². The Bertz CT molecular complexity index is 562. The Hall–Kier alpha value is -1.45. The summed E-state index contributed by atoms with van der Waals surface area (Å²) in [6.45, 7) is 1.80. The quantitative estimate of drug-likeness (QED) is 0.862. The monoisotopic (exact) mass is 267 g/mol. The maximum Gasteiger partial charge on any atom is 0.133 e. The molecule has 0 spiro atoms. The lowest BCUT2D eigenvalue weighted by Crippen LogP contribution is -2.05. The molecule has 0 radical (unpaired) electrons. The summed E-state index contributed by atoms with van der Waals surface area (Å²) in [5.74, 6) is -1.22. The smallest absolute Gasteiger partial charge is 0.133 e. The van der Waals surface area contributed by atoms with E-state index in [-0.39, 0.29) is 11.6 Å². The second-order valence-electron chi connectivity index (χ2n) is 4.12. The molecule has 0 aliphatic rings. The van der Waals surface area contributed by atoms with Crippen LogP contribution in [0.4, 0.5) is 8.78 Å². The molecule has 0 aromatic heterocycles. The minimum Gasteiger partial charge on any atom is -0.324 e. The lowest BCUT2D eigenvalue weighted by Gasteiger charge is -2.11. The topological polar surface area (TPSA) is 26.0 Å². The Balaban J connectivity index is 2.56. The van der Waals surface area contributed by atoms with Gasteiger partial charge in [0.2, 0.25) is 0 Å². The number of halogens is 3. The third-order valence-corrected chi connectivity index (χ3v) is 3.07. The molecule has 2 aromatic carbocycles. The molecule has 0 aliphatic heterocycles. The highest BCUT2D eigenvalue weighted by Crippen LogP contribution is 2.31. The first-order valence-corrected chi connectivity index (χ1v) is 5.88. The number of nitrogens with two attached hydrogens (primary N) is 1. The summed E-state index contributed by atoms with van der Waals surface area (Å²) in [6, 6.07) is 8.36. The maximum atomic E-state index is 13.6. The molecule has 0 saturated heterocycles. The molecule has 1 atom stereocenters. The van der Waals surface area contributed by atoms with E-state index >= 15 is 0 Å². The predicted octanol–water partition coefficient (Wildman–Crippen LogP) is 4.30. The fraction of sp³-hybridized carbons (Fsp3) is 0.143. The van der Waals surface area contributed by atoms with Crippen molar-refractivity contribution in [2.24, 2.45) is 5.73 Å². The van der Waals surface area contributed by atoms with Crippen LogP contribution in [0.15, 0.2) is 36.4 Å². The van der Waals surface area contributed by atoms with Crippen molar-refractivity contribution < 1.29 is 8.78 Å². The van der Waals surface area contributed by atoms with Gasteiger partial charge in [0.25, 0.3) is 0 Å². The standard InChI is InChI=1S/C14H12ClF2N/c1-8(18)10-6-5-9(7-11(10)15)14-12(16)3-2-4-13(14)17/h2-8H,18H2,1H3. The van der Waals surface area contributed by atoms with Crippen LogP contribution in [0, 0.1) is 11.6 Å². The third-order valence-electron chi connectivity index (χ3n) is 2.74. The summed E-state index contributed by atoms with van der Waals surface area (Å²) >= 11 is 6.05. The highest BCUT2D eigenvalue weighted by Gasteiger charge is 2.13. The van der Waals surface area contributed by atoms with Gasteiger partial charge in [-0.05, 0) is 36.2 Å². The minimum absolute atomic E-state index is 0.0735. The summed E-state index contributed by atoms with van der Waals surface area (Å²) < 4.78 is 27.2. The predicted molar refractivity (Wildman–Crippen MR) is 69.4 cm³/mol. The molecule has 0 fully saturated rings. The average Bonchev–Trinajstić information content (AvgIpc) is 2.28. The van der Waals surface area contributed by atoms with E-state index in [0.717, 1.165) is 5.56 Å². The summed E-state index contributed by atoms with van der Waals surface area (Å²) in [5.41, 5.74) is 6.81. The van der Waals surface area contributed by atoms with Gasteiger partial charge in [-0.1, -0.05) is 29.8 Å². The van der Waals surface area contributed by atoms with Gasteiger partial charge in [-0.3, -0.25) is 0 Å². The molecule has 2 N–H and O–H groups in total. The molecule has 0 aliphatic carbocycles.